The highest BCUT2D eigenvalue weighted by atomic mass is 35.5. The van der Waals surface area contributed by atoms with Crippen molar-refractivity contribution >= 4 is 23.5 Å². The molecular formula is C16H18ClNO5. The van der Waals surface area contributed by atoms with Crippen molar-refractivity contribution in [3.63, 3.8) is 0 Å². The zero-order valence-electron chi connectivity index (χ0n) is 12.5. The van der Waals surface area contributed by atoms with E-state index in [0.717, 1.165) is 11.3 Å². The average Bonchev–Trinajstić information content (AvgIpc) is 2.53. The van der Waals surface area contributed by atoms with Crippen LogP contribution in [0.25, 0.3) is 0 Å². The number of hydrogen-bond donors (Lipinski definition) is 1. The summed E-state index contributed by atoms with van der Waals surface area (Å²) in [4.78, 5) is 25.2. The summed E-state index contributed by atoms with van der Waals surface area (Å²) in [7, 11) is 0. The Bertz CT molecular complexity index is 620. The van der Waals surface area contributed by atoms with Crippen LogP contribution in [0.3, 0.4) is 0 Å². The van der Waals surface area contributed by atoms with Crippen molar-refractivity contribution in [3.05, 3.63) is 28.8 Å². The third-order valence-corrected chi connectivity index (χ3v) is 4.37. The van der Waals surface area contributed by atoms with Gasteiger partial charge in [-0.2, -0.15) is 0 Å². The van der Waals surface area contributed by atoms with E-state index in [2.05, 4.69) is 0 Å². The number of fused-ring (bicyclic) bond motifs is 1. The van der Waals surface area contributed by atoms with E-state index in [4.69, 9.17) is 26.2 Å². The second-order valence-electron chi connectivity index (χ2n) is 5.84. The SMILES string of the molecule is O=C(O)C[C@@H]1CN(C(=O)[C@H]2COc3ccc(Cl)cc3C2)CCO1. The second-order valence-corrected chi connectivity index (χ2v) is 6.28. The maximum Gasteiger partial charge on any atom is 0.306 e. The number of morpholine rings is 1. The summed E-state index contributed by atoms with van der Waals surface area (Å²) >= 11 is 6.00. The van der Waals surface area contributed by atoms with E-state index in [-0.39, 0.29) is 18.2 Å². The van der Waals surface area contributed by atoms with Gasteiger partial charge in [0.25, 0.3) is 0 Å². The van der Waals surface area contributed by atoms with Gasteiger partial charge < -0.3 is 19.5 Å². The molecule has 1 N–H and O–H groups in total. The largest absolute Gasteiger partial charge is 0.492 e. The standard InChI is InChI=1S/C16H18ClNO5/c17-12-1-2-14-10(6-12)5-11(9-23-14)16(21)18-3-4-22-13(8-18)7-15(19)20/h1-2,6,11,13H,3-5,7-9H2,(H,19,20)/t11-,13-/m1/s1. The summed E-state index contributed by atoms with van der Waals surface area (Å²) in [5, 5.41) is 9.48. The minimum absolute atomic E-state index is 0.0192. The van der Waals surface area contributed by atoms with Gasteiger partial charge in [-0.3, -0.25) is 9.59 Å². The first kappa shape index (κ1) is 16.1. The van der Waals surface area contributed by atoms with Crippen LogP contribution in [0, 0.1) is 5.92 Å². The number of amides is 1. The maximum absolute atomic E-state index is 12.7. The topological polar surface area (TPSA) is 76.1 Å². The number of halogens is 1. The quantitative estimate of drug-likeness (QED) is 0.905. The molecule has 7 heteroatoms. The van der Waals surface area contributed by atoms with Gasteiger partial charge in [0, 0.05) is 18.1 Å². The molecule has 0 spiro atoms. The van der Waals surface area contributed by atoms with Gasteiger partial charge in [0.2, 0.25) is 5.91 Å². The Kier molecular flexibility index (Phi) is 4.73. The first-order chi connectivity index (χ1) is 11.0. The van der Waals surface area contributed by atoms with E-state index >= 15 is 0 Å². The molecule has 1 aromatic rings. The van der Waals surface area contributed by atoms with Crippen molar-refractivity contribution in [2.45, 2.75) is 18.9 Å². The molecule has 2 atom stereocenters. The van der Waals surface area contributed by atoms with Gasteiger partial charge in [-0.25, -0.2) is 0 Å². The van der Waals surface area contributed by atoms with Crippen molar-refractivity contribution in [3.8, 4) is 5.75 Å². The molecule has 1 fully saturated rings. The fourth-order valence-corrected chi connectivity index (χ4v) is 3.21. The van der Waals surface area contributed by atoms with Crippen molar-refractivity contribution in [2.24, 2.45) is 5.92 Å². The van der Waals surface area contributed by atoms with E-state index in [1.807, 2.05) is 12.1 Å². The van der Waals surface area contributed by atoms with Crippen molar-refractivity contribution < 1.29 is 24.2 Å². The molecule has 124 valence electrons. The first-order valence-corrected chi connectivity index (χ1v) is 7.94. The Hall–Kier alpha value is -1.79. The predicted molar refractivity (Wildman–Crippen MR) is 82.7 cm³/mol. The molecule has 0 aromatic heterocycles. The van der Waals surface area contributed by atoms with E-state index in [1.54, 1.807) is 11.0 Å². The summed E-state index contributed by atoms with van der Waals surface area (Å²) in [5.41, 5.74) is 0.928. The third kappa shape index (κ3) is 3.76. The normalized spacial score (nSPS) is 23.8. The highest BCUT2D eigenvalue weighted by molar-refractivity contribution is 6.30. The molecule has 1 aromatic carbocycles. The Morgan fingerprint density at radius 3 is 3.00 bits per heavy atom. The number of carbonyl (C=O) groups is 2. The highest BCUT2D eigenvalue weighted by Gasteiger charge is 2.33. The molecule has 0 saturated carbocycles. The van der Waals surface area contributed by atoms with Crippen LogP contribution in [0.1, 0.15) is 12.0 Å². The lowest BCUT2D eigenvalue weighted by Crippen LogP contribution is -2.50. The van der Waals surface area contributed by atoms with Crippen LogP contribution in [0.5, 0.6) is 5.75 Å². The third-order valence-electron chi connectivity index (χ3n) is 4.13. The smallest absolute Gasteiger partial charge is 0.306 e. The summed E-state index contributed by atoms with van der Waals surface area (Å²) in [6, 6.07) is 5.40. The molecule has 1 saturated heterocycles. The molecule has 23 heavy (non-hydrogen) atoms. The van der Waals surface area contributed by atoms with Gasteiger partial charge in [0.05, 0.1) is 25.0 Å². The fraction of sp³-hybridized carbons (Fsp3) is 0.500. The van der Waals surface area contributed by atoms with E-state index in [0.29, 0.717) is 37.7 Å². The molecule has 2 aliphatic heterocycles. The molecule has 0 unspecified atom stereocenters. The van der Waals surface area contributed by atoms with Gasteiger partial charge in [0.15, 0.2) is 0 Å². The summed E-state index contributed by atoms with van der Waals surface area (Å²) < 4.78 is 11.1. The van der Waals surface area contributed by atoms with Gasteiger partial charge >= 0.3 is 5.97 Å². The molecule has 1 amide bonds. The number of carboxylic acid groups (broad SMARTS) is 1. The predicted octanol–water partition coefficient (Wildman–Crippen LogP) is 1.59. The Labute approximate surface area is 138 Å². The second kappa shape index (κ2) is 6.76. The summed E-state index contributed by atoms with van der Waals surface area (Å²) in [6.45, 7) is 1.48. The van der Waals surface area contributed by atoms with E-state index in [9.17, 15) is 9.59 Å². The molecule has 3 rings (SSSR count). The van der Waals surface area contributed by atoms with E-state index < -0.39 is 12.1 Å². The van der Waals surface area contributed by atoms with Crippen LogP contribution >= 0.6 is 11.6 Å². The van der Waals surface area contributed by atoms with Crippen molar-refractivity contribution in [1.29, 1.82) is 0 Å². The number of benzene rings is 1. The van der Waals surface area contributed by atoms with Gasteiger partial charge in [0.1, 0.15) is 12.4 Å². The van der Waals surface area contributed by atoms with Crippen LogP contribution in [0.4, 0.5) is 0 Å². The Morgan fingerprint density at radius 2 is 2.22 bits per heavy atom. The maximum atomic E-state index is 12.7. The number of nitrogens with zero attached hydrogens (tertiary/aromatic N) is 1. The number of ether oxygens (including phenoxy) is 2. The van der Waals surface area contributed by atoms with Gasteiger partial charge in [-0.15, -0.1) is 0 Å². The lowest BCUT2D eigenvalue weighted by molar-refractivity contribution is -0.150. The molecule has 6 nitrogen and oxygen atoms in total. The van der Waals surface area contributed by atoms with Gasteiger partial charge in [-0.1, -0.05) is 11.6 Å². The first-order valence-electron chi connectivity index (χ1n) is 7.56. The monoisotopic (exact) mass is 339 g/mol. The van der Waals surface area contributed by atoms with Crippen LogP contribution in [-0.4, -0.2) is 54.3 Å². The molecule has 0 bridgehead atoms. The fourth-order valence-electron chi connectivity index (χ4n) is 3.02. The van der Waals surface area contributed by atoms with Crippen molar-refractivity contribution in [2.75, 3.05) is 26.3 Å². The summed E-state index contributed by atoms with van der Waals surface area (Å²) in [6.07, 6.45) is 0.0374. The number of aliphatic carboxylic acids is 1. The lowest BCUT2D eigenvalue weighted by Gasteiger charge is -2.35. The van der Waals surface area contributed by atoms with Crippen LogP contribution in [0.15, 0.2) is 18.2 Å². The number of carbonyl (C=O) groups excluding carboxylic acids is 1. The molecule has 0 aliphatic carbocycles. The molecule has 0 radical (unpaired) electrons. The van der Waals surface area contributed by atoms with Crippen molar-refractivity contribution in [1.82, 2.24) is 4.90 Å². The lowest BCUT2D eigenvalue weighted by atomic mass is 9.95. The zero-order valence-corrected chi connectivity index (χ0v) is 13.3. The number of hydrogen-bond acceptors (Lipinski definition) is 4. The minimum atomic E-state index is -0.922. The van der Waals surface area contributed by atoms with Gasteiger partial charge in [-0.05, 0) is 30.2 Å². The molecular weight excluding hydrogens is 322 g/mol. The average molecular weight is 340 g/mol. The number of carboxylic acids is 1. The Balaban J connectivity index is 1.65. The van der Waals surface area contributed by atoms with Crippen LogP contribution < -0.4 is 4.74 Å². The molecule has 2 aliphatic rings. The Morgan fingerprint density at radius 1 is 1.39 bits per heavy atom. The van der Waals surface area contributed by atoms with Crippen LogP contribution in [-0.2, 0) is 20.7 Å². The minimum Gasteiger partial charge on any atom is -0.492 e. The van der Waals surface area contributed by atoms with E-state index in [1.165, 1.54) is 0 Å². The highest BCUT2D eigenvalue weighted by Crippen LogP contribution is 2.30. The summed E-state index contributed by atoms with van der Waals surface area (Å²) in [5.74, 6) is -0.447. The zero-order chi connectivity index (χ0) is 16.4. The molecule has 2 heterocycles. The van der Waals surface area contributed by atoms with Crippen LogP contribution in [0.2, 0.25) is 5.02 Å². The number of rotatable bonds is 3.